The predicted molar refractivity (Wildman–Crippen MR) is 99.7 cm³/mol. The maximum Gasteiger partial charge on any atom is 0.269 e. The molecule has 0 saturated heterocycles. The highest BCUT2D eigenvalue weighted by molar-refractivity contribution is 5.97. The molecule has 1 fully saturated rings. The van der Waals surface area contributed by atoms with Gasteiger partial charge in [-0.15, -0.1) is 0 Å². The molecule has 1 saturated carbocycles. The quantitative estimate of drug-likeness (QED) is 0.246. The third-order valence-corrected chi connectivity index (χ3v) is 4.50. The molecule has 3 amide bonds. The fourth-order valence-corrected chi connectivity index (χ4v) is 2.49. The molecule has 158 valence electrons. The van der Waals surface area contributed by atoms with Crippen LogP contribution in [0, 0.1) is 35.5 Å². The number of amides is 3. The van der Waals surface area contributed by atoms with Gasteiger partial charge in [0, 0.05) is 17.0 Å². The van der Waals surface area contributed by atoms with Gasteiger partial charge in [-0.1, -0.05) is 11.8 Å². The molecule has 4 unspecified atom stereocenters. The standard InChI is InChI=1S/C20H19F2N3O5/c1-20(29,19(21)22)15(18(28)25-30)24-17(27)12-8-6-11(7-9-12)4-2-3-5-13-10-14(13)16(23)26/h6-9,13-15,19,29-30H,10H2,1H3,(H2,23,26)(H,24,27)(H,25,28). The molecule has 0 bridgehead atoms. The molecule has 0 heterocycles. The molecule has 6 N–H and O–H groups in total. The largest absolute Gasteiger partial charge is 0.381 e. The Labute approximate surface area is 170 Å². The maximum atomic E-state index is 13.0. The van der Waals surface area contributed by atoms with E-state index in [0.717, 1.165) is 5.48 Å². The second-order valence-electron chi connectivity index (χ2n) is 6.86. The number of hydrogen-bond acceptors (Lipinski definition) is 5. The van der Waals surface area contributed by atoms with Crippen LogP contribution < -0.4 is 16.5 Å². The van der Waals surface area contributed by atoms with Gasteiger partial charge in [-0.25, -0.2) is 14.3 Å². The summed E-state index contributed by atoms with van der Waals surface area (Å²) < 4.78 is 26.0. The van der Waals surface area contributed by atoms with Crippen LogP contribution in [0.3, 0.4) is 0 Å². The van der Waals surface area contributed by atoms with Crippen molar-refractivity contribution in [1.29, 1.82) is 0 Å². The van der Waals surface area contributed by atoms with E-state index < -0.39 is 29.9 Å². The van der Waals surface area contributed by atoms with Gasteiger partial charge in [0.2, 0.25) is 5.91 Å². The molecule has 0 aliphatic heterocycles. The van der Waals surface area contributed by atoms with E-state index in [1.54, 1.807) is 0 Å². The number of halogens is 2. The number of rotatable bonds is 6. The second-order valence-corrected chi connectivity index (χ2v) is 6.86. The van der Waals surface area contributed by atoms with Gasteiger partial charge in [-0.2, -0.15) is 0 Å². The second kappa shape index (κ2) is 9.35. The molecule has 30 heavy (non-hydrogen) atoms. The van der Waals surface area contributed by atoms with Crippen LogP contribution in [0.4, 0.5) is 8.78 Å². The number of nitrogens with one attached hydrogen (secondary N) is 2. The Bertz CT molecular complexity index is 955. The molecule has 4 atom stereocenters. The van der Waals surface area contributed by atoms with Crippen LogP contribution in [0.15, 0.2) is 24.3 Å². The molecule has 1 aromatic rings. The lowest BCUT2D eigenvalue weighted by atomic mass is 9.95. The summed E-state index contributed by atoms with van der Waals surface area (Å²) in [6.45, 7) is 0.658. The van der Waals surface area contributed by atoms with Crippen LogP contribution in [-0.2, 0) is 9.59 Å². The van der Waals surface area contributed by atoms with Crippen LogP contribution in [0.1, 0.15) is 29.3 Å². The fourth-order valence-electron chi connectivity index (χ4n) is 2.49. The molecular weight excluding hydrogens is 400 g/mol. The minimum absolute atomic E-state index is 0.00900. The molecule has 0 radical (unpaired) electrons. The van der Waals surface area contributed by atoms with E-state index in [0.29, 0.717) is 18.9 Å². The Morgan fingerprint density at radius 1 is 1.23 bits per heavy atom. The zero-order valence-electron chi connectivity index (χ0n) is 15.8. The lowest BCUT2D eigenvalue weighted by Crippen LogP contribution is -2.61. The molecule has 0 spiro atoms. The van der Waals surface area contributed by atoms with Crippen LogP contribution in [-0.4, -0.2) is 46.1 Å². The summed E-state index contributed by atoms with van der Waals surface area (Å²) in [6, 6.07) is 3.51. The number of aliphatic hydroxyl groups is 1. The third kappa shape index (κ3) is 5.54. The SMILES string of the molecule is CC(O)(C(F)F)C(NC(=O)c1ccc(C#CC#CC2CC2C(N)=O)cc1)C(=O)NO. The van der Waals surface area contributed by atoms with Crippen molar-refractivity contribution in [3.8, 4) is 23.7 Å². The van der Waals surface area contributed by atoms with Crippen molar-refractivity contribution in [2.45, 2.75) is 31.4 Å². The average Bonchev–Trinajstić information content (AvgIpc) is 3.49. The van der Waals surface area contributed by atoms with E-state index in [1.807, 2.05) is 5.32 Å². The number of primary amides is 1. The molecule has 1 aliphatic rings. The molecule has 0 aromatic heterocycles. The van der Waals surface area contributed by atoms with E-state index in [2.05, 4.69) is 23.7 Å². The number of nitrogens with two attached hydrogens (primary N) is 1. The third-order valence-electron chi connectivity index (χ3n) is 4.50. The van der Waals surface area contributed by atoms with Crippen molar-refractivity contribution >= 4 is 17.7 Å². The topological polar surface area (TPSA) is 142 Å². The summed E-state index contributed by atoms with van der Waals surface area (Å²) in [5.41, 5.74) is 3.89. The van der Waals surface area contributed by atoms with Crippen LogP contribution in [0.25, 0.3) is 0 Å². The summed E-state index contributed by atoms with van der Waals surface area (Å²) >= 11 is 0. The number of hydroxylamine groups is 1. The molecule has 2 rings (SSSR count). The van der Waals surface area contributed by atoms with Gasteiger partial charge in [0.1, 0.15) is 6.04 Å². The van der Waals surface area contributed by atoms with Crippen LogP contribution >= 0.6 is 0 Å². The molecule has 1 aromatic carbocycles. The summed E-state index contributed by atoms with van der Waals surface area (Å²) in [7, 11) is 0. The lowest BCUT2D eigenvalue weighted by molar-refractivity contribution is -0.149. The highest BCUT2D eigenvalue weighted by Gasteiger charge is 2.46. The number of benzene rings is 1. The van der Waals surface area contributed by atoms with E-state index in [-0.39, 0.29) is 23.3 Å². The summed E-state index contributed by atoms with van der Waals surface area (Å²) in [5, 5.41) is 20.5. The minimum atomic E-state index is -3.37. The first-order valence-corrected chi connectivity index (χ1v) is 8.74. The summed E-state index contributed by atoms with van der Waals surface area (Å²) in [6.07, 6.45) is -2.74. The van der Waals surface area contributed by atoms with Crippen molar-refractivity contribution in [3.63, 3.8) is 0 Å². The first-order valence-electron chi connectivity index (χ1n) is 8.74. The Kier molecular flexibility index (Phi) is 7.11. The van der Waals surface area contributed by atoms with Crippen molar-refractivity contribution < 1.29 is 33.5 Å². The zero-order valence-corrected chi connectivity index (χ0v) is 15.8. The van der Waals surface area contributed by atoms with Gasteiger partial charge < -0.3 is 16.2 Å². The van der Waals surface area contributed by atoms with Crippen molar-refractivity contribution in [2.24, 2.45) is 17.6 Å². The number of carbonyl (C=O) groups is 3. The predicted octanol–water partition coefficient (Wildman–Crippen LogP) is -0.217. The normalized spacial score (nSPS) is 19.8. The molecule has 8 nitrogen and oxygen atoms in total. The first kappa shape index (κ1) is 22.8. The van der Waals surface area contributed by atoms with E-state index in [4.69, 9.17) is 10.9 Å². The van der Waals surface area contributed by atoms with Gasteiger partial charge in [-0.05, 0) is 49.5 Å². The minimum Gasteiger partial charge on any atom is -0.381 e. The Balaban J connectivity index is 2.04. The van der Waals surface area contributed by atoms with Gasteiger partial charge in [0.05, 0.1) is 5.92 Å². The highest BCUT2D eigenvalue weighted by atomic mass is 19.3. The average molecular weight is 419 g/mol. The van der Waals surface area contributed by atoms with Crippen molar-refractivity contribution in [2.75, 3.05) is 0 Å². The Morgan fingerprint density at radius 3 is 2.37 bits per heavy atom. The van der Waals surface area contributed by atoms with Crippen LogP contribution in [0.5, 0.6) is 0 Å². The monoisotopic (exact) mass is 419 g/mol. The molecule has 10 heteroatoms. The number of carbonyl (C=O) groups excluding carboxylic acids is 3. The van der Waals surface area contributed by atoms with E-state index >= 15 is 0 Å². The number of alkyl halides is 2. The summed E-state index contributed by atoms with van der Waals surface area (Å²) in [5.74, 6) is 7.79. The van der Waals surface area contributed by atoms with Gasteiger partial charge in [0.25, 0.3) is 18.2 Å². The van der Waals surface area contributed by atoms with Crippen molar-refractivity contribution in [1.82, 2.24) is 10.8 Å². The van der Waals surface area contributed by atoms with Crippen molar-refractivity contribution in [3.05, 3.63) is 35.4 Å². The van der Waals surface area contributed by atoms with E-state index in [1.165, 1.54) is 24.3 Å². The molecule has 1 aliphatic carbocycles. The van der Waals surface area contributed by atoms with Crippen LogP contribution in [0.2, 0.25) is 0 Å². The van der Waals surface area contributed by atoms with E-state index in [9.17, 15) is 28.3 Å². The fraction of sp³-hybridized carbons (Fsp3) is 0.350. The van der Waals surface area contributed by atoms with Gasteiger partial charge >= 0.3 is 0 Å². The molecular formula is C20H19F2N3O5. The number of hydrogen-bond donors (Lipinski definition) is 5. The van der Waals surface area contributed by atoms with Gasteiger partial charge in [-0.3, -0.25) is 19.6 Å². The Morgan fingerprint density at radius 2 is 1.87 bits per heavy atom. The summed E-state index contributed by atoms with van der Waals surface area (Å²) in [4.78, 5) is 34.8. The Hall–Kier alpha value is -3.47. The lowest BCUT2D eigenvalue weighted by Gasteiger charge is -2.30. The first-order chi connectivity index (χ1) is 14.1. The zero-order chi connectivity index (χ0) is 22.5. The van der Waals surface area contributed by atoms with Gasteiger partial charge in [0.15, 0.2) is 5.60 Å². The smallest absolute Gasteiger partial charge is 0.269 e. The highest BCUT2D eigenvalue weighted by Crippen LogP contribution is 2.37. The maximum absolute atomic E-state index is 13.0.